The van der Waals surface area contributed by atoms with Crippen molar-refractivity contribution < 1.29 is 4.79 Å². The second-order valence-corrected chi connectivity index (χ2v) is 5.90. The summed E-state index contributed by atoms with van der Waals surface area (Å²) in [5.74, 6) is 2.05. The van der Waals surface area contributed by atoms with E-state index in [0.29, 0.717) is 11.8 Å². The number of hydrogen-bond donors (Lipinski definition) is 1. The van der Waals surface area contributed by atoms with Crippen LogP contribution < -0.4 is 5.32 Å². The van der Waals surface area contributed by atoms with E-state index >= 15 is 0 Å². The van der Waals surface area contributed by atoms with E-state index in [1.165, 1.54) is 0 Å². The third kappa shape index (κ3) is 4.88. The Hall–Kier alpha value is -0.220. The highest BCUT2D eigenvalue weighted by Crippen LogP contribution is 2.15. The third-order valence-corrected chi connectivity index (χ3v) is 4.06. The van der Waals surface area contributed by atoms with Crippen LogP contribution in [0, 0.1) is 5.92 Å². The van der Waals surface area contributed by atoms with Gasteiger partial charge in [-0.3, -0.25) is 4.79 Å². The number of hydrogen-bond acceptors (Lipinski definition) is 3. The van der Waals surface area contributed by atoms with Crippen LogP contribution in [0.25, 0.3) is 0 Å². The normalized spacial score (nSPS) is 22.9. The summed E-state index contributed by atoms with van der Waals surface area (Å²) in [6.07, 6.45) is 5.36. The molecule has 1 heterocycles. The smallest absolute Gasteiger partial charge is 0.239 e. The second-order valence-electron chi connectivity index (χ2n) is 4.99. The van der Waals surface area contributed by atoms with Crippen LogP contribution in [0.4, 0.5) is 0 Å². The lowest BCUT2D eigenvalue weighted by Gasteiger charge is -2.34. The predicted molar refractivity (Wildman–Crippen MR) is 75.4 cm³/mol. The van der Waals surface area contributed by atoms with Crippen molar-refractivity contribution in [3.05, 3.63) is 0 Å². The number of nitrogens with one attached hydrogen (secondary N) is 1. The lowest BCUT2D eigenvalue weighted by molar-refractivity contribution is -0.136. The molecule has 17 heavy (non-hydrogen) atoms. The van der Waals surface area contributed by atoms with Gasteiger partial charge in [-0.1, -0.05) is 13.8 Å². The Morgan fingerprint density at radius 2 is 2.35 bits per heavy atom. The topological polar surface area (TPSA) is 32.3 Å². The Kier molecular flexibility index (Phi) is 6.97. The third-order valence-electron chi connectivity index (χ3n) is 3.15. The van der Waals surface area contributed by atoms with Gasteiger partial charge in [0, 0.05) is 13.1 Å². The van der Waals surface area contributed by atoms with Crippen LogP contribution in [0.15, 0.2) is 0 Å². The van der Waals surface area contributed by atoms with Gasteiger partial charge in [0.15, 0.2) is 0 Å². The Morgan fingerprint density at radius 1 is 1.59 bits per heavy atom. The molecule has 2 unspecified atom stereocenters. The average molecular weight is 258 g/mol. The van der Waals surface area contributed by atoms with Gasteiger partial charge in [0.05, 0.1) is 6.04 Å². The number of amides is 1. The van der Waals surface area contributed by atoms with Crippen molar-refractivity contribution >= 4 is 17.7 Å². The number of carbonyl (C=O) groups excluding carboxylic acids is 1. The first-order chi connectivity index (χ1) is 8.19. The monoisotopic (exact) mass is 258 g/mol. The number of thioether (sulfide) groups is 1. The summed E-state index contributed by atoms with van der Waals surface area (Å²) < 4.78 is 0. The molecule has 100 valence electrons. The maximum absolute atomic E-state index is 12.2. The molecule has 0 radical (unpaired) electrons. The largest absolute Gasteiger partial charge is 0.341 e. The number of carbonyl (C=O) groups is 1. The van der Waals surface area contributed by atoms with Gasteiger partial charge in [0.2, 0.25) is 5.91 Å². The van der Waals surface area contributed by atoms with Gasteiger partial charge in [-0.25, -0.2) is 0 Å². The zero-order valence-electron chi connectivity index (χ0n) is 11.4. The van der Waals surface area contributed by atoms with E-state index in [0.717, 1.165) is 44.6 Å². The number of rotatable bonds is 7. The van der Waals surface area contributed by atoms with Crippen LogP contribution in [-0.4, -0.2) is 48.5 Å². The quantitative estimate of drug-likeness (QED) is 0.758. The molecular weight excluding hydrogens is 232 g/mol. The van der Waals surface area contributed by atoms with E-state index < -0.39 is 0 Å². The van der Waals surface area contributed by atoms with Crippen molar-refractivity contribution in [1.82, 2.24) is 10.2 Å². The molecule has 1 saturated heterocycles. The van der Waals surface area contributed by atoms with E-state index in [2.05, 4.69) is 30.3 Å². The zero-order chi connectivity index (χ0) is 12.7. The second kappa shape index (κ2) is 7.98. The van der Waals surface area contributed by atoms with Crippen LogP contribution in [0.3, 0.4) is 0 Å². The summed E-state index contributed by atoms with van der Waals surface area (Å²) in [5, 5.41) is 3.36. The van der Waals surface area contributed by atoms with Gasteiger partial charge in [-0.05, 0) is 43.7 Å². The van der Waals surface area contributed by atoms with Gasteiger partial charge in [-0.15, -0.1) is 0 Å². The Bertz CT molecular complexity index is 235. The van der Waals surface area contributed by atoms with Gasteiger partial charge in [0.25, 0.3) is 0 Å². The van der Waals surface area contributed by atoms with E-state index in [1.807, 2.05) is 11.8 Å². The number of piperidine rings is 1. The highest BCUT2D eigenvalue weighted by molar-refractivity contribution is 7.98. The van der Waals surface area contributed by atoms with E-state index in [-0.39, 0.29) is 6.04 Å². The Labute approximate surface area is 110 Å². The molecule has 0 aromatic heterocycles. The summed E-state index contributed by atoms with van der Waals surface area (Å²) in [7, 11) is 0. The summed E-state index contributed by atoms with van der Waals surface area (Å²) in [6, 6.07) is 0.0742. The maximum Gasteiger partial charge on any atom is 0.239 e. The standard InChI is InChI=1S/C13H26N2OS/c1-4-7-14-12-6-5-8-15(13(12)16)9-11(2)10-17-3/h11-12,14H,4-10H2,1-3H3. The predicted octanol–water partition coefficient (Wildman–Crippen LogP) is 1.98. The molecule has 1 rings (SSSR count). The minimum Gasteiger partial charge on any atom is -0.341 e. The van der Waals surface area contributed by atoms with Crippen LogP contribution in [-0.2, 0) is 4.79 Å². The van der Waals surface area contributed by atoms with Crippen molar-refractivity contribution in [2.45, 2.75) is 39.2 Å². The molecule has 3 nitrogen and oxygen atoms in total. The van der Waals surface area contributed by atoms with E-state index in [9.17, 15) is 4.79 Å². The van der Waals surface area contributed by atoms with E-state index in [1.54, 1.807) is 0 Å². The van der Waals surface area contributed by atoms with Crippen LogP contribution in [0.2, 0.25) is 0 Å². The molecule has 1 N–H and O–H groups in total. The fourth-order valence-corrected chi connectivity index (χ4v) is 3.02. The molecule has 1 fully saturated rings. The van der Waals surface area contributed by atoms with Crippen LogP contribution in [0.5, 0.6) is 0 Å². The Morgan fingerprint density at radius 3 is 3.00 bits per heavy atom. The molecule has 0 aromatic carbocycles. The molecule has 0 spiro atoms. The van der Waals surface area contributed by atoms with Gasteiger partial charge < -0.3 is 10.2 Å². The average Bonchev–Trinajstić information content (AvgIpc) is 2.30. The van der Waals surface area contributed by atoms with Gasteiger partial charge in [0.1, 0.15) is 0 Å². The highest BCUT2D eigenvalue weighted by Gasteiger charge is 2.28. The van der Waals surface area contributed by atoms with Crippen molar-refractivity contribution in [2.75, 3.05) is 31.6 Å². The molecule has 0 bridgehead atoms. The van der Waals surface area contributed by atoms with Crippen LogP contribution in [0.1, 0.15) is 33.1 Å². The maximum atomic E-state index is 12.2. The first kappa shape index (κ1) is 14.8. The molecule has 2 atom stereocenters. The SMILES string of the molecule is CCCNC1CCCN(CC(C)CSC)C1=O. The molecule has 1 aliphatic rings. The Balaban J connectivity index is 2.41. The van der Waals surface area contributed by atoms with Crippen molar-refractivity contribution in [2.24, 2.45) is 5.92 Å². The molecule has 0 aliphatic carbocycles. The minimum atomic E-state index is 0.0742. The summed E-state index contributed by atoms with van der Waals surface area (Å²) in [5.41, 5.74) is 0. The van der Waals surface area contributed by atoms with Crippen molar-refractivity contribution in [3.8, 4) is 0 Å². The lowest BCUT2D eigenvalue weighted by Crippen LogP contribution is -2.52. The molecule has 1 aliphatic heterocycles. The summed E-state index contributed by atoms with van der Waals surface area (Å²) in [4.78, 5) is 14.3. The summed E-state index contributed by atoms with van der Waals surface area (Å²) >= 11 is 1.86. The van der Waals surface area contributed by atoms with Crippen LogP contribution >= 0.6 is 11.8 Å². The fourth-order valence-electron chi connectivity index (χ4n) is 2.34. The first-order valence-corrected chi connectivity index (χ1v) is 8.09. The minimum absolute atomic E-state index is 0.0742. The fraction of sp³-hybridized carbons (Fsp3) is 0.923. The molecule has 0 saturated carbocycles. The molecule has 4 heteroatoms. The van der Waals surface area contributed by atoms with Gasteiger partial charge >= 0.3 is 0 Å². The first-order valence-electron chi connectivity index (χ1n) is 6.70. The number of likely N-dealkylation sites (tertiary alicyclic amines) is 1. The molecular formula is C13H26N2OS. The van der Waals surface area contributed by atoms with Gasteiger partial charge in [-0.2, -0.15) is 11.8 Å². The number of nitrogens with zero attached hydrogens (tertiary/aromatic N) is 1. The molecule has 1 amide bonds. The van der Waals surface area contributed by atoms with Crippen molar-refractivity contribution in [1.29, 1.82) is 0 Å². The zero-order valence-corrected chi connectivity index (χ0v) is 12.2. The molecule has 0 aromatic rings. The highest BCUT2D eigenvalue weighted by atomic mass is 32.2. The lowest BCUT2D eigenvalue weighted by atomic mass is 10.0. The summed E-state index contributed by atoms with van der Waals surface area (Å²) in [6.45, 7) is 7.18. The van der Waals surface area contributed by atoms with E-state index in [4.69, 9.17) is 0 Å². The van der Waals surface area contributed by atoms with Crippen molar-refractivity contribution in [3.63, 3.8) is 0 Å².